The number of nitrogens with two attached hydrogens (primary N) is 2. The second kappa shape index (κ2) is 6.96. The number of aromatic amines is 1. The number of nitrogens with zero attached hydrogens (tertiary/aromatic N) is 1. The number of nitro benzene ring substituents is 1. The van der Waals surface area contributed by atoms with Crippen molar-refractivity contribution in [3.63, 3.8) is 0 Å². The molecule has 3 rings (SSSR count). The lowest BCUT2D eigenvalue weighted by Crippen LogP contribution is -2.18. The molecule has 0 saturated heterocycles. The van der Waals surface area contributed by atoms with E-state index in [2.05, 4.69) is 4.98 Å². The Morgan fingerprint density at radius 3 is 2.52 bits per heavy atom. The van der Waals surface area contributed by atoms with Gasteiger partial charge in [-0.3, -0.25) is 19.7 Å². The molecule has 1 aromatic heterocycles. The summed E-state index contributed by atoms with van der Waals surface area (Å²) in [6.45, 7) is 0. The summed E-state index contributed by atoms with van der Waals surface area (Å²) >= 11 is 6.02. The molecule has 0 saturated carbocycles. The van der Waals surface area contributed by atoms with Crippen LogP contribution in [-0.2, 0) is 11.2 Å². The number of aromatic nitrogens is 1. The number of hydrogen-bond acceptors (Lipinski definition) is 5. The average Bonchev–Trinajstić information content (AvgIpc) is 2.92. The zero-order valence-electron chi connectivity index (χ0n) is 13.7. The summed E-state index contributed by atoms with van der Waals surface area (Å²) < 4.78 is 5.66. The van der Waals surface area contributed by atoms with Crippen LogP contribution < -0.4 is 16.2 Å². The number of H-pyrrole nitrogens is 1. The van der Waals surface area contributed by atoms with Crippen molar-refractivity contribution in [1.29, 1.82) is 0 Å². The monoisotopic (exact) mass is 388 g/mol. The summed E-state index contributed by atoms with van der Waals surface area (Å²) in [5.74, 6) is -0.718. The molecule has 0 radical (unpaired) electrons. The normalized spacial score (nSPS) is 10.7. The van der Waals surface area contributed by atoms with Crippen molar-refractivity contribution in [2.45, 2.75) is 6.42 Å². The van der Waals surface area contributed by atoms with E-state index in [1.54, 1.807) is 18.2 Å². The van der Waals surface area contributed by atoms with Crippen LogP contribution in [0.5, 0.6) is 11.5 Å². The smallest absolute Gasteiger partial charge is 0.271 e. The van der Waals surface area contributed by atoms with Gasteiger partial charge in [0, 0.05) is 29.3 Å². The van der Waals surface area contributed by atoms with Crippen molar-refractivity contribution < 1.29 is 19.2 Å². The number of fused-ring (bicyclic) bond motifs is 1. The first-order chi connectivity index (χ1) is 12.8. The number of nitro groups is 1. The number of carbonyl (C=O) groups is 2. The van der Waals surface area contributed by atoms with Gasteiger partial charge in [-0.25, -0.2) is 0 Å². The quantitative estimate of drug-likeness (QED) is 0.437. The maximum Gasteiger partial charge on any atom is 0.271 e. The van der Waals surface area contributed by atoms with Gasteiger partial charge in [-0.1, -0.05) is 11.6 Å². The Bertz CT molecular complexity index is 1090. The molecule has 138 valence electrons. The molecule has 0 spiro atoms. The molecule has 0 aliphatic carbocycles. The number of ether oxygens (including phenoxy) is 1. The molecular formula is C17H13ClN4O5. The van der Waals surface area contributed by atoms with Crippen molar-refractivity contribution in [3.8, 4) is 11.5 Å². The third kappa shape index (κ3) is 3.67. The number of carbonyl (C=O) groups excluding carboxylic acids is 2. The van der Waals surface area contributed by atoms with E-state index in [0.717, 1.165) is 0 Å². The largest absolute Gasteiger partial charge is 0.456 e. The number of nitrogens with one attached hydrogen (secondary N) is 1. The number of benzene rings is 2. The summed E-state index contributed by atoms with van der Waals surface area (Å²) in [6, 6.07) is 8.60. The number of non-ortho nitro benzene ring substituents is 1. The summed E-state index contributed by atoms with van der Waals surface area (Å²) in [7, 11) is 0. The van der Waals surface area contributed by atoms with E-state index in [0.29, 0.717) is 22.3 Å². The van der Waals surface area contributed by atoms with Crippen LogP contribution >= 0.6 is 11.6 Å². The average molecular weight is 389 g/mol. The zero-order valence-corrected chi connectivity index (χ0v) is 14.4. The van der Waals surface area contributed by atoms with Gasteiger partial charge in [0.15, 0.2) is 0 Å². The lowest BCUT2D eigenvalue weighted by Gasteiger charge is -2.07. The van der Waals surface area contributed by atoms with Gasteiger partial charge >= 0.3 is 0 Å². The highest BCUT2D eigenvalue weighted by Crippen LogP contribution is 2.34. The summed E-state index contributed by atoms with van der Waals surface area (Å²) in [5.41, 5.74) is 11.5. The first kappa shape index (κ1) is 18.2. The lowest BCUT2D eigenvalue weighted by atomic mass is 10.1. The van der Waals surface area contributed by atoms with Crippen molar-refractivity contribution in [1.82, 2.24) is 4.98 Å². The standard InChI is InChI=1S/C17H13ClN4O5/c18-11-5-8(22(25)26)1-4-14(11)27-9-2-3-10-12(6-9)21-13(7-15(19)23)16(10)17(20)24/h1-6,21H,7H2,(H2,19,23)(H2,20,24). The third-order valence-electron chi connectivity index (χ3n) is 3.80. The Labute approximate surface area is 157 Å². The maximum atomic E-state index is 11.7. The van der Waals surface area contributed by atoms with Gasteiger partial charge in [0.2, 0.25) is 5.91 Å². The van der Waals surface area contributed by atoms with E-state index in [9.17, 15) is 19.7 Å². The lowest BCUT2D eigenvalue weighted by molar-refractivity contribution is -0.384. The fourth-order valence-electron chi connectivity index (χ4n) is 2.70. The molecule has 0 aliphatic heterocycles. The van der Waals surface area contributed by atoms with Gasteiger partial charge in [0.1, 0.15) is 11.5 Å². The summed E-state index contributed by atoms with van der Waals surface area (Å²) in [5, 5.41) is 11.4. The first-order valence-electron chi connectivity index (χ1n) is 7.60. The molecule has 0 unspecified atom stereocenters. The van der Waals surface area contributed by atoms with E-state index in [-0.39, 0.29) is 28.4 Å². The van der Waals surface area contributed by atoms with Gasteiger partial charge < -0.3 is 21.2 Å². The van der Waals surface area contributed by atoms with Crippen LogP contribution in [0.4, 0.5) is 5.69 Å². The Morgan fingerprint density at radius 2 is 1.93 bits per heavy atom. The fraction of sp³-hybridized carbons (Fsp3) is 0.0588. The molecule has 0 fully saturated rings. The summed E-state index contributed by atoms with van der Waals surface area (Å²) in [4.78, 5) is 36.1. The second-order valence-corrected chi connectivity index (χ2v) is 6.07. The molecule has 0 aliphatic rings. The topological polar surface area (TPSA) is 154 Å². The number of primary amides is 2. The Morgan fingerprint density at radius 1 is 1.19 bits per heavy atom. The van der Waals surface area contributed by atoms with E-state index < -0.39 is 16.7 Å². The van der Waals surface area contributed by atoms with E-state index in [1.807, 2.05) is 0 Å². The van der Waals surface area contributed by atoms with Crippen molar-refractivity contribution in [2.75, 3.05) is 0 Å². The SMILES string of the molecule is NC(=O)Cc1[nH]c2cc(Oc3ccc([N+](=O)[O-])cc3Cl)ccc2c1C(N)=O. The van der Waals surface area contributed by atoms with E-state index in [4.69, 9.17) is 27.8 Å². The summed E-state index contributed by atoms with van der Waals surface area (Å²) in [6.07, 6.45) is -0.169. The van der Waals surface area contributed by atoms with Crippen LogP contribution in [0.25, 0.3) is 10.9 Å². The molecular weight excluding hydrogens is 376 g/mol. The Hall–Kier alpha value is -3.59. The predicted octanol–water partition coefficient (Wildman–Crippen LogP) is 2.65. The third-order valence-corrected chi connectivity index (χ3v) is 4.09. The molecule has 27 heavy (non-hydrogen) atoms. The van der Waals surface area contributed by atoms with Crippen LogP contribution in [-0.4, -0.2) is 21.7 Å². The minimum absolute atomic E-state index is 0.0722. The highest BCUT2D eigenvalue weighted by atomic mass is 35.5. The van der Waals surface area contributed by atoms with Gasteiger partial charge in [-0.15, -0.1) is 0 Å². The zero-order chi connectivity index (χ0) is 19.7. The molecule has 2 amide bonds. The molecule has 0 bridgehead atoms. The van der Waals surface area contributed by atoms with E-state index in [1.165, 1.54) is 18.2 Å². The highest BCUT2D eigenvalue weighted by molar-refractivity contribution is 6.32. The molecule has 0 atom stereocenters. The van der Waals surface area contributed by atoms with Gasteiger partial charge in [0.25, 0.3) is 11.6 Å². The molecule has 5 N–H and O–H groups in total. The fourth-order valence-corrected chi connectivity index (χ4v) is 2.91. The number of amides is 2. The first-order valence-corrected chi connectivity index (χ1v) is 7.98. The number of rotatable bonds is 6. The number of hydrogen-bond donors (Lipinski definition) is 3. The molecule has 9 nitrogen and oxygen atoms in total. The minimum Gasteiger partial charge on any atom is -0.456 e. The predicted molar refractivity (Wildman–Crippen MR) is 97.9 cm³/mol. The Kier molecular flexibility index (Phi) is 4.70. The minimum atomic E-state index is -0.690. The second-order valence-electron chi connectivity index (χ2n) is 5.67. The van der Waals surface area contributed by atoms with Crippen molar-refractivity contribution in [2.24, 2.45) is 11.5 Å². The van der Waals surface area contributed by atoms with Crippen LogP contribution in [0.2, 0.25) is 5.02 Å². The van der Waals surface area contributed by atoms with Crippen LogP contribution in [0.3, 0.4) is 0 Å². The Balaban J connectivity index is 1.98. The van der Waals surface area contributed by atoms with Crippen LogP contribution in [0, 0.1) is 10.1 Å². The highest BCUT2D eigenvalue weighted by Gasteiger charge is 2.18. The van der Waals surface area contributed by atoms with E-state index >= 15 is 0 Å². The van der Waals surface area contributed by atoms with Crippen molar-refractivity contribution in [3.05, 3.63) is 62.8 Å². The van der Waals surface area contributed by atoms with Crippen molar-refractivity contribution >= 4 is 40.0 Å². The van der Waals surface area contributed by atoms with Gasteiger partial charge in [0.05, 0.1) is 27.4 Å². The molecule has 1 heterocycles. The molecule has 2 aromatic carbocycles. The molecule has 3 aromatic rings. The van der Waals surface area contributed by atoms with Crippen LogP contribution in [0.15, 0.2) is 36.4 Å². The maximum absolute atomic E-state index is 11.7. The van der Waals surface area contributed by atoms with Crippen LogP contribution in [0.1, 0.15) is 16.1 Å². The molecule has 10 heteroatoms. The van der Waals surface area contributed by atoms with Gasteiger partial charge in [-0.2, -0.15) is 0 Å². The number of halogens is 1. The van der Waals surface area contributed by atoms with Gasteiger partial charge in [-0.05, 0) is 18.2 Å².